The maximum atomic E-state index is 5.10. The smallest absolute Gasteiger partial charge is 0.0594 e. The second kappa shape index (κ2) is 9.44. The summed E-state index contributed by atoms with van der Waals surface area (Å²) >= 11 is 0. The first kappa shape index (κ1) is 13.9. The van der Waals surface area contributed by atoms with E-state index in [4.69, 9.17) is 4.74 Å². The molecule has 0 bridgehead atoms. The lowest BCUT2D eigenvalue weighted by Gasteiger charge is -2.21. The van der Waals surface area contributed by atoms with Gasteiger partial charge in [-0.1, -0.05) is 13.8 Å². The lowest BCUT2D eigenvalue weighted by molar-refractivity contribution is 0.0503. The third kappa shape index (κ3) is 8.48. The summed E-state index contributed by atoms with van der Waals surface area (Å²) in [4.78, 5) is 2.27. The summed E-state index contributed by atoms with van der Waals surface area (Å²) in [5.74, 6) is 0. The first-order valence-electron chi connectivity index (χ1n) is 5.76. The molecule has 1 saturated heterocycles. The number of hydrogen-bond donors (Lipinski definition) is 1. The minimum atomic E-state index is 0.884. The molecule has 3 nitrogen and oxygen atoms in total. The molecular weight excluding hydrogens is 176 g/mol. The van der Waals surface area contributed by atoms with Crippen LogP contribution in [-0.4, -0.2) is 51.3 Å². The molecular formula is C11H26N2O. The number of likely N-dealkylation sites (N-methyl/N-ethyl adjacent to an activating group) is 1. The van der Waals surface area contributed by atoms with Crippen LogP contribution in [0.1, 0.15) is 26.7 Å². The largest absolute Gasteiger partial charge is 0.379 e. The Hall–Kier alpha value is -0.120. The molecule has 14 heavy (non-hydrogen) atoms. The molecule has 0 aromatic carbocycles. The lowest BCUT2D eigenvalue weighted by atomic mass is 10.5. The molecule has 0 unspecified atom stereocenters. The zero-order chi connectivity index (χ0) is 10.8. The van der Waals surface area contributed by atoms with Crippen LogP contribution in [0.2, 0.25) is 0 Å². The molecule has 2 aliphatic rings. The van der Waals surface area contributed by atoms with E-state index in [1.807, 2.05) is 20.9 Å². The number of ether oxygens (including phenoxy) is 1. The predicted molar refractivity (Wildman–Crippen MR) is 61.7 cm³/mol. The summed E-state index contributed by atoms with van der Waals surface area (Å²) in [5.41, 5.74) is 0. The van der Waals surface area contributed by atoms with Crippen LogP contribution in [0.4, 0.5) is 0 Å². The van der Waals surface area contributed by atoms with E-state index >= 15 is 0 Å². The van der Waals surface area contributed by atoms with Crippen LogP contribution >= 0.6 is 0 Å². The van der Waals surface area contributed by atoms with Crippen LogP contribution < -0.4 is 5.32 Å². The maximum absolute atomic E-state index is 5.10. The molecule has 1 heterocycles. The quantitative estimate of drug-likeness (QED) is 0.694. The zero-order valence-electron chi connectivity index (χ0n) is 10.2. The highest BCUT2D eigenvalue weighted by Crippen LogP contribution is 2.16. The molecule has 0 radical (unpaired) electrons. The van der Waals surface area contributed by atoms with E-state index < -0.39 is 0 Å². The van der Waals surface area contributed by atoms with Gasteiger partial charge in [0.2, 0.25) is 0 Å². The summed E-state index contributed by atoms with van der Waals surface area (Å²) < 4.78 is 5.10. The Morgan fingerprint density at radius 2 is 1.64 bits per heavy atom. The van der Waals surface area contributed by atoms with Crippen molar-refractivity contribution in [2.75, 3.05) is 40.4 Å². The second-order valence-electron chi connectivity index (χ2n) is 3.48. The van der Waals surface area contributed by atoms with Crippen molar-refractivity contribution in [2.45, 2.75) is 32.7 Å². The molecule has 0 amide bonds. The molecule has 2 rings (SSSR count). The first-order chi connectivity index (χ1) is 6.83. The van der Waals surface area contributed by atoms with Gasteiger partial charge in [0.05, 0.1) is 13.2 Å². The molecule has 0 aromatic heterocycles. The van der Waals surface area contributed by atoms with Gasteiger partial charge in [-0.05, 0) is 26.9 Å². The molecule has 0 aromatic rings. The Balaban J connectivity index is 0.000000213. The van der Waals surface area contributed by atoms with Gasteiger partial charge in [-0.3, -0.25) is 0 Å². The number of nitrogens with one attached hydrogen (secondary N) is 1. The molecule has 1 N–H and O–H groups in total. The Kier molecular flexibility index (Phi) is 9.35. The standard InChI is InChI=1S/C5H11NO.C4H9N.C2H6/c1-6-2-4-7-5-3-6;1-5-4-2-3-4;1-2/h2-5H2,1H3;4-5H,2-3H2,1H3;1-2H3. The van der Waals surface area contributed by atoms with Gasteiger partial charge in [0.25, 0.3) is 0 Å². The number of nitrogens with zero attached hydrogens (tertiary/aromatic N) is 1. The van der Waals surface area contributed by atoms with Gasteiger partial charge in [0, 0.05) is 19.1 Å². The summed E-state index contributed by atoms with van der Waals surface area (Å²) in [7, 11) is 4.13. The van der Waals surface area contributed by atoms with Gasteiger partial charge in [-0.2, -0.15) is 0 Å². The number of rotatable bonds is 1. The van der Waals surface area contributed by atoms with Crippen LogP contribution in [0.15, 0.2) is 0 Å². The first-order valence-corrected chi connectivity index (χ1v) is 5.76. The third-order valence-corrected chi connectivity index (χ3v) is 2.22. The van der Waals surface area contributed by atoms with Crippen molar-refractivity contribution in [2.24, 2.45) is 0 Å². The fourth-order valence-corrected chi connectivity index (χ4v) is 1.03. The van der Waals surface area contributed by atoms with Crippen molar-refractivity contribution >= 4 is 0 Å². The molecule has 1 aliphatic heterocycles. The monoisotopic (exact) mass is 202 g/mol. The highest BCUT2D eigenvalue weighted by Gasteiger charge is 2.17. The molecule has 0 atom stereocenters. The summed E-state index contributed by atoms with van der Waals surface area (Å²) in [6, 6.07) is 0.884. The molecule has 3 heteroatoms. The fraction of sp³-hybridized carbons (Fsp3) is 1.00. The van der Waals surface area contributed by atoms with Gasteiger partial charge in [0.15, 0.2) is 0 Å². The van der Waals surface area contributed by atoms with E-state index in [1.54, 1.807) is 0 Å². The van der Waals surface area contributed by atoms with Crippen molar-refractivity contribution < 1.29 is 4.74 Å². The van der Waals surface area contributed by atoms with Crippen molar-refractivity contribution in [3.05, 3.63) is 0 Å². The van der Waals surface area contributed by atoms with E-state index in [0.29, 0.717) is 0 Å². The Bertz CT molecular complexity index is 110. The maximum Gasteiger partial charge on any atom is 0.0594 e. The average molecular weight is 202 g/mol. The zero-order valence-corrected chi connectivity index (χ0v) is 10.2. The van der Waals surface area contributed by atoms with Crippen molar-refractivity contribution in [1.82, 2.24) is 10.2 Å². The average Bonchev–Trinajstić information content (AvgIpc) is 3.06. The Morgan fingerprint density at radius 1 is 1.14 bits per heavy atom. The molecule has 1 saturated carbocycles. The molecule has 86 valence electrons. The van der Waals surface area contributed by atoms with Gasteiger partial charge in [-0.25, -0.2) is 0 Å². The van der Waals surface area contributed by atoms with Crippen molar-refractivity contribution in [3.63, 3.8) is 0 Å². The van der Waals surface area contributed by atoms with Gasteiger partial charge in [-0.15, -0.1) is 0 Å². The van der Waals surface area contributed by atoms with Gasteiger partial charge >= 0.3 is 0 Å². The lowest BCUT2D eigenvalue weighted by Crippen LogP contribution is -2.32. The fourth-order valence-electron chi connectivity index (χ4n) is 1.03. The van der Waals surface area contributed by atoms with E-state index in [1.165, 1.54) is 12.8 Å². The third-order valence-electron chi connectivity index (χ3n) is 2.22. The van der Waals surface area contributed by atoms with Crippen LogP contribution in [0.5, 0.6) is 0 Å². The number of hydrogen-bond acceptors (Lipinski definition) is 3. The highest BCUT2D eigenvalue weighted by molar-refractivity contribution is 4.78. The van der Waals surface area contributed by atoms with Crippen LogP contribution in [0.25, 0.3) is 0 Å². The van der Waals surface area contributed by atoms with Crippen molar-refractivity contribution in [1.29, 1.82) is 0 Å². The van der Waals surface area contributed by atoms with Crippen LogP contribution in [0, 0.1) is 0 Å². The summed E-state index contributed by atoms with van der Waals surface area (Å²) in [5, 5.41) is 3.14. The minimum Gasteiger partial charge on any atom is -0.379 e. The van der Waals surface area contributed by atoms with Crippen LogP contribution in [-0.2, 0) is 4.74 Å². The topological polar surface area (TPSA) is 24.5 Å². The van der Waals surface area contributed by atoms with Crippen LogP contribution in [0.3, 0.4) is 0 Å². The van der Waals surface area contributed by atoms with Gasteiger partial charge in [0.1, 0.15) is 0 Å². The SMILES string of the molecule is CC.CN1CCOCC1.CNC1CC1. The van der Waals surface area contributed by atoms with Gasteiger partial charge < -0.3 is 15.0 Å². The predicted octanol–water partition coefficient (Wildman–Crippen LogP) is 1.34. The van der Waals surface area contributed by atoms with E-state index in [2.05, 4.69) is 17.3 Å². The Labute approximate surface area is 88.8 Å². The highest BCUT2D eigenvalue weighted by atomic mass is 16.5. The second-order valence-corrected chi connectivity index (χ2v) is 3.48. The minimum absolute atomic E-state index is 0.884. The molecule has 0 spiro atoms. The van der Waals surface area contributed by atoms with E-state index in [0.717, 1.165) is 32.3 Å². The van der Waals surface area contributed by atoms with E-state index in [-0.39, 0.29) is 0 Å². The normalized spacial score (nSPS) is 21.4. The summed E-state index contributed by atoms with van der Waals surface area (Å²) in [6.45, 7) is 8.02. The summed E-state index contributed by atoms with van der Waals surface area (Å²) in [6.07, 6.45) is 2.80. The Morgan fingerprint density at radius 3 is 1.79 bits per heavy atom. The molecule has 2 fully saturated rings. The van der Waals surface area contributed by atoms with Crippen molar-refractivity contribution in [3.8, 4) is 0 Å². The van der Waals surface area contributed by atoms with E-state index in [9.17, 15) is 0 Å². The number of morpholine rings is 1. The molecule has 1 aliphatic carbocycles.